The first-order valence-electron chi connectivity index (χ1n) is 8.27. The standard InChI is InChI=1S/C21H18N4O/c1-26-15-12-10-14(11-13-15)23-21-17-7-3-5-9-19(17)24-20(25-21)16-6-2-4-8-18(16)22/h2-13H,22H2,1H3,(H,23,24,25). The predicted molar refractivity (Wildman–Crippen MR) is 106 cm³/mol. The number of para-hydroxylation sites is 2. The van der Waals surface area contributed by atoms with E-state index < -0.39 is 0 Å². The summed E-state index contributed by atoms with van der Waals surface area (Å²) in [6.07, 6.45) is 0. The average Bonchev–Trinajstić information content (AvgIpc) is 2.69. The zero-order chi connectivity index (χ0) is 17.9. The third-order valence-corrected chi connectivity index (χ3v) is 4.16. The van der Waals surface area contributed by atoms with Crippen LogP contribution in [-0.2, 0) is 0 Å². The molecule has 26 heavy (non-hydrogen) atoms. The number of ether oxygens (including phenoxy) is 1. The van der Waals surface area contributed by atoms with Crippen molar-refractivity contribution < 1.29 is 4.74 Å². The first kappa shape index (κ1) is 15.9. The van der Waals surface area contributed by atoms with Gasteiger partial charge < -0.3 is 15.8 Å². The van der Waals surface area contributed by atoms with Crippen LogP contribution >= 0.6 is 0 Å². The second kappa shape index (κ2) is 6.72. The molecule has 0 fully saturated rings. The summed E-state index contributed by atoms with van der Waals surface area (Å²) in [5, 5.41) is 4.33. The normalized spacial score (nSPS) is 10.7. The Morgan fingerprint density at radius 2 is 1.58 bits per heavy atom. The van der Waals surface area contributed by atoms with Crippen LogP contribution in [0.4, 0.5) is 17.2 Å². The van der Waals surface area contributed by atoms with Gasteiger partial charge in [-0.05, 0) is 48.5 Å². The number of hydrogen-bond acceptors (Lipinski definition) is 5. The van der Waals surface area contributed by atoms with Crippen LogP contribution in [0.15, 0.2) is 72.8 Å². The Balaban J connectivity index is 1.83. The summed E-state index contributed by atoms with van der Waals surface area (Å²) in [6, 6.07) is 23.2. The van der Waals surface area contributed by atoms with E-state index in [0.717, 1.165) is 33.7 Å². The van der Waals surface area contributed by atoms with Crippen molar-refractivity contribution in [2.24, 2.45) is 0 Å². The number of benzene rings is 3. The van der Waals surface area contributed by atoms with E-state index in [1.54, 1.807) is 7.11 Å². The number of nitrogens with one attached hydrogen (secondary N) is 1. The molecule has 0 spiro atoms. The molecule has 0 aliphatic carbocycles. The number of nitrogen functional groups attached to an aromatic ring is 1. The molecule has 1 heterocycles. The minimum absolute atomic E-state index is 0.595. The van der Waals surface area contributed by atoms with E-state index in [0.29, 0.717) is 11.5 Å². The molecule has 4 rings (SSSR count). The van der Waals surface area contributed by atoms with Crippen molar-refractivity contribution in [3.05, 3.63) is 72.8 Å². The Kier molecular flexibility index (Phi) is 4.11. The smallest absolute Gasteiger partial charge is 0.164 e. The Morgan fingerprint density at radius 3 is 2.35 bits per heavy atom. The molecular weight excluding hydrogens is 324 g/mol. The molecule has 5 nitrogen and oxygen atoms in total. The first-order chi connectivity index (χ1) is 12.7. The van der Waals surface area contributed by atoms with Crippen molar-refractivity contribution in [3.8, 4) is 17.1 Å². The summed E-state index contributed by atoms with van der Waals surface area (Å²) >= 11 is 0. The monoisotopic (exact) mass is 342 g/mol. The molecule has 0 aliphatic rings. The number of nitrogens with two attached hydrogens (primary N) is 1. The zero-order valence-electron chi connectivity index (χ0n) is 14.3. The number of nitrogens with zero attached hydrogens (tertiary/aromatic N) is 2. The molecule has 3 N–H and O–H groups in total. The van der Waals surface area contributed by atoms with Gasteiger partial charge in [0.1, 0.15) is 11.6 Å². The van der Waals surface area contributed by atoms with E-state index in [-0.39, 0.29) is 0 Å². The van der Waals surface area contributed by atoms with Gasteiger partial charge in [-0.15, -0.1) is 0 Å². The molecule has 0 saturated heterocycles. The summed E-state index contributed by atoms with van der Waals surface area (Å²) in [4.78, 5) is 9.42. The number of anilines is 3. The maximum atomic E-state index is 6.12. The molecule has 0 aliphatic heterocycles. The fraction of sp³-hybridized carbons (Fsp3) is 0.0476. The molecule has 0 unspecified atom stereocenters. The topological polar surface area (TPSA) is 73.1 Å². The third kappa shape index (κ3) is 3.02. The number of rotatable bonds is 4. The second-order valence-corrected chi connectivity index (χ2v) is 5.85. The van der Waals surface area contributed by atoms with Crippen LogP contribution < -0.4 is 15.8 Å². The zero-order valence-corrected chi connectivity index (χ0v) is 14.3. The van der Waals surface area contributed by atoms with E-state index in [1.165, 1.54) is 0 Å². The lowest BCUT2D eigenvalue weighted by Gasteiger charge is -2.12. The van der Waals surface area contributed by atoms with Gasteiger partial charge >= 0.3 is 0 Å². The van der Waals surface area contributed by atoms with Gasteiger partial charge in [0.05, 0.1) is 12.6 Å². The average molecular weight is 342 g/mol. The summed E-state index contributed by atoms with van der Waals surface area (Å²) in [5.41, 5.74) is 9.36. The predicted octanol–water partition coefficient (Wildman–Crippen LogP) is 4.63. The quantitative estimate of drug-likeness (QED) is 0.529. The van der Waals surface area contributed by atoms with Gasteiger partial charge in [-0.25, -0.2) is 9.97 Å². The first-order valence-corrected chi connectivity index (χ1v) is 8.27. The van der Waals surface area contributed by atoms with E-state index in [4.69, 9.17) is 15.5 Å². The lowest BCUT2D eigenvalue weighted by Crippen LogP contribution is -2.00. The summed E-state index contributed by atoms with van der Waals surface area (Å²) in [7, 11) is 1.65. The highest BCUT2D eigenvalue weighted by Crippen LogP contribution is 2.29. The Bertz CT molecular complexity index is 1060. The summed E-state index contributed by atoms with van der Waals surface area (Å²) < 4.78 is 5.21. The molecule has 128 valence electrons. The van der Waals surface area contributed by atoms with Crippen LogP contribution in [-0.4, -0.2) is 17.1 Å². The van der Waals surface area contributed by atoms with Crippen LogP contribution in [0.1, 0.15) is 0 Å². The van der Waals surface area contributed by atoms with Gasteiger partial charge in [-0.3, -0.25) is 0 Å². The summed E-state index contributed by atoms with van der Waals surface area (Å²) in [5.74, 6) is 2.14. The fourth-order valence-electron chi connectivity index (χ4n) is 2.80. The Hall–Kier alpha value is -3.60. The molecule has 3 aromatic carbocycles. The fourth-order valence-corrected chi connectivity index (χ4v) is 2.80. The molecule has 0 radical (unpaired) electrons. The summed E-state index contributed by atoms with van der Waals surface area (Å²) in [6.45, 7) is 0. The highest BCUT2D eigenvalue weighted by Gasteiger charge is 2.11. The Labute approximate surface area is 151 Å². The number of aromatic nitrogens is 2. The van der Waals surface area contributed by atoms with E-state index >= 15 is 0 Å². The molecule has 0 amide bonds. The van der Waals surface area contributed by atoms with Crippen molar-refractivity contribution in [2.45, 2.75) is 0 Å². The lowest BCUT2D eigenvalue weighted by atomic mass is 10.1. The highest BCUT2D eigenvalue weighted by molar-refractivity contribution is 5.92. The van der Waals surface area contributed by atoms with E-state index in [9.17, 15) is 0 Å². The molecule has 4 aromatic rings. The maximum Gasteiger partial charge on any atom is 0.164 e. The van der Waals surface area contributed by atoms with Gasteiger partial charge in [0.2, 0.25) is 0 Å². The van der Waals surface area contributed by atoms with Crippen LogP contribution in [0.25, 0.3) is 22.3 Å². The molecule has 0 atom stereocenters. The van der Waals surface area contributed by atoms with E-state index in [1.807, 2.05) is 72.8 Å². The molecule has 0 bridgehead atoms. The van der Waals surface area contributed by atoms with Crippen molar-refractivity contribution in [1.29, 1.82) is 0 Å². The van der Waals surface area contributed by atoms with E-state index in [2.05, 4.69) is 10.3 Å². The van der Waals surface area contributed by atoms with Gasteiger partial charge in [0.25, 0.3) is 0 Å². The van der Waals surface area contributed by atoms with Gasteiger partial charge in [0, 0.05) is 22.3 Å². The van der Waals surface area contributed by atoms with Crippen LogP contribution in [0, 0.1) is 0 Å². The minimum atomic E-state index is 0.595. The van der Waals surface area contributed by atoms with Gasteiger partial charge in [-0.1, -0.05) is 24.3 Å². The minimum Gasteiger partial charge on any atom is -0.497 e. The third-order valence-electron chi connectivity index (χ3n) is 4.16. The second-order valence-electron chi connectivity index (χ2n) is 5.85. The van der Waals surface area contributed by atoms with Crippen molar-refractivity contribution in [2.75, 3.05) is 18.2 Å². The SMILES string of the molecule is COc1ccc(Nc2nc(-c3ccccc3N)nc3ccccc23)cc1. The maximum absolute atomic E-state index is 6.12. The number of methoxy groups -OCH3 is 1. The largest absolute Gasteiger partial charge is 0.497 e. The van der Waals surface area contributed by atoms with Gasteiger partial charge in [0.15, 0.2) is 5.82 Å². The van der Waals surface area contributed by atoms with Gasteiger partial charge in [-0.2, -0.15) is 0 Å². The van der Waals surface area contributed by atoms with Crippen molar-refractivity contribution in [1.82, 2.24) is 9.97 Å². The Morgan fingerprint density at radius 1 is 0.846 bits per heavy atom. The molecule has 1 aromatic heterocycles. The van der Waals surface area contributed by atoms with Crippen LogP contribution in [0.5, 0.6) is 5.75 Å². The highest BCUT2D eigenvalue weighted by atomic mass is 16.5. The van der Waals surface area contributed by atoms with Crippen LogP contribution in [0.2, 0.25) is 0 Å². The van der Waals surface area contributed by atoms with Crippen LogP contribution in [0.3, 0.4) is 0 Å². The number of fused-ring (bicyclic) bond motifs is 1. The lowest BCUT2D eigenvalue weighted by molar-refractivity contribution is 0.415. The van der Waals surface area contributed by atoms with Crippen molar-refractivity contribution in [3.63, 3.8) is 0 Å². The molecule has 0 saturated carbocycles. The number of hydrogen-bond donors (Lipinski definition) is 2. The molecular formula is C21H18N4O. The van der Waals surface area contributed by atoms with Crippen molar-refractivity contribution >= 4 is 28.1 Å². The molecule has 5 heteroatoms.